The summed E-state index contributed by atoms with van der Waals surface area (Å²) in [5, 5.41) is 12.9. The summed E-state index contributed by atoms with van der Waals surface area (Å²) in [5.74, 6) is 0.170. The maximum atomic E-state index is 12.7. The summed E-state index contributed by atoms with van der Waals surface area (Å²) in [4.78, 5) is 12.5. The van der Waals surface area contributed by atoms with Crippen LogP contribution in [0, 0.1) is 0 Å². The van der Waals surface area contributed by atoms with Crippen LogP contribution < -0.4 is 4.90 Å². The average molecular weight is 273 g/mol. The van der Waals surface area contributed by atoms with E-state index >= 15 is 0 Å². The van der Waals surface area contributed by atoms with E-state index in [1.165, 1.54) is 4.90 Å². The van der Waals surface area contributed by atoms with Crippen molar-refractivity contribution in [2.45, 2.75) is 6.18 Å². The lowest BCUT2D eigenvalue weighted by Crippen LogP contribution is -2.13. The van der Waals surface area contributed by atoms with E-state index in [-0.39, 0.29) is 16.7 Å². The number of benzene rings is 1. The lowest BCUT2D eigenvalue weighted by Gasteiger charge is -2.09. The molecule has 1 aromatic carbocycles. The van der Waals surface area contributed by atoms with Crippen molar-refractivity contribution in [1.82, 2.24) is 9.78 Å². The van der Waals surface area contributed by atoms with Crippen LogP contribution in [-0.2, 0) is 6.18 Å². The van der Waals surface area contributed by atoms with Crippen LogP contribution in [0.3, 0.4) is 0 Å². The molecule has 0 bridgehead atoms. The first kappa shape index (κ1) is 13.2. The monoisotopic (exact) mass is 273 g/mol. The summed E-state index contributed by atoms with van der Waals surface area (Å²) in [7, 11) is 3.16. The third kappa shape index (κ3) is 2.20. The molecule has 0 saturated heterocycles. The smallest absolute Gasteiger partial charge is 0.432 e. The molecule has 0 fully saturated rings. The molecule has 1 heterocycles. The lowest BCUT2D eigenvalue weighted by molar-refractivity contribution is -0.137. The fraction of sp³-hybridized carbons (Fsp3) is 0.273. The number of hydrogen-bond donors (Lipinski definition) is 1. The molecular weight excluding hydrogens is 263 g/mol. The number of alkyl halides is 3. The van der Waals surface area contributed by atoms with Crippen LogP contribution in [0.1, 0.15) is 5.56 Å². The fourth-order valence-corrected chi connectivity index (χ4v) is 1.75. The average Bonchev–Trinajstić information content (AvgIpc) is 2.66. The molecule has 0 aliphatic heterocycles. The third-order valence-corrected chi connectivity index (χ3v) is 2.59. The fourth-order valence-electron chi connectivity index (χ4n) is 1.75. The van der Waals surface area contributed by atoms with E-state index in [0.717, 1.165) is 18.2 Å². The summed E-state index contributed by atoms with van der Waals surface area (Å²) < 4.78 is 38.6. The molecular formula is C11H10F3N3O2. The first-order chi connectivity index (χ1) is 8.71. The predicted molar refractivity (Wildman–Crippen MR) is 62.5 cm³/mol. The van der Waals surface area contributed by atoms with Crippen molar-refractivity contribution >= 4 is 22.8 Å². The zero-order valence-electron chi connectivity index (χ0n) is 10.1. The summed E-state index contributed by atoms with van der Waals surface area (Å²) >= 11 is 0. The minimum Gasteiger partial charge on any atom is -0.463 e. The normalized spacial score (nSPS) is 11.8. The summed E-state index contributed by atoms with van der Waals surface area (Å²) in [6.07, 6.45) is -5.83. The first-order valence-corrected chi connectivity index (χ1v) is 5.22. The van der Waals surface area contributed by atoms with Crippen molar-refractivity contribution in [1.29, 1.82) is 0 Å². The molecule has 0 saturated carbocycles. The van der Waals surface area contributed by atoms with Crippen LogP contribution in [0.4, 0.5) is 23.8 Å². The topological polar surface area (TPSA) is 58.4 Å². The van der Waals surface area contributed by atoms with Gasteiger partial charge in [-0.3, -0.25) is 0 Å². The lowest BCUT2D eigenvalue weighted by atomic mass is 10.1. The standard InChI is InChI=1S/C11H10F3N3O2/c1-16(2)9-7-5-6(11(12,13)14)3-4-8(7)17(15-9)10(18)19/h3-5H,1-2H3,(H,18,19). The molecule has 102 valence electrons. The van der Waals surface area contributed by atoms with Gasteiger partial charge in [0.05, 0.1) is 11.1 Å². The molecule has 0 spiro atoms. The molecule has 0 unspecified atom stereocenters. The number of aromatic nitrogens is 2. The van der Waals surface area contributed by atoms with E-state index in [2.05, 4.69) is 5.10 Å². The number of rotatable bonds is 1. The van der Waals surface area contributed by atoms with Gasteiger partial charge in [-0.1, -0.05) is 0 Å². The van der Waals surface area contributed by atoms with Crippen LogP contribution in [0.5, 0.6) is 0 Å². The van der Waals surface area contributed by atoms with Crippen molar-refractivity contribution in [3.8, 4) is 0 Å². The Morgan fingerprint density at radius 1 is 1.37 bits per heavy atom. The molecule has 2 rings (SSSR count). The molecule has 0 radical (unpaired) electrons. The number of nitrogens with zero attached hydrogens (tertiary/aromatic N) is 3. The van der Waals surface area contributed by atoms with Crippen LogP contribution in [-0.4, -0.2) is 35.1 Å². The van der Waals surface area contributed by atoms with Gasteiger partial charge in [0.25, 0.3) is 0 Å². The summed E-state index contributed by atoms with van der Waals surface area (Å²) in [6, 6.07) is 2.84. The van der Waals surface area contributed by atoms with E-state index in [9.17, 15) is 18.0 Å². The molecule has 1 aromatic heterocycles. The van der Waals surface area contributed by atoms with Gasteiger partial charge >= 0.3 is 12.3 Å². The Bertz CT molecular complexity index is 646. The molecule has 1 N–H and O–H groups in total. The molecule has 8 heteroatoms. The maximum absolute atomic E-state index is 12.7. The van der Waals surface area contributed by atoms with Crippen molar-refractivity contribution in [2.75, 3.05) is 19.0 Å². The number of carboxylic acid groups (broad SMARTS) is 1. The van der Waals surface area contributed by atoms with E-state index < -0.39 is 17.8 Å². The number of fused-ring (bicyclic) bond motifs is 1. The highest BCUT2D eigenvalue weighted by Crippen LogP contribution is 2.34. The van der Waals surface area contributed by atoms with Gasteiger partial charge in [-0.25, -0.2) is 4.79 Å². The SMILES string of the molecule is CN(C)c1nn(C(=O)O)c2ccc(C(F)(F)F)cc12. The Kier molecular flexibility index (Phi) is 2.88. The van der Waals surface area contributed by atoms with Crippen LogP contribution in [0.15, 0.2) is 18.2 Å². The molecule has 0 aliphatic carbocycles. The van der Waals surface area contributed by atoms with Crippen LogP contribution in [0.25, 0.3) is 10.9 Å². The van der Waals surface area contributed by atoms with Gasteiger partial charge < -0.3 is 10.0 Å². The Hall–Kier alpha value is -2.25. The highest BCUT2D eigenvalue weighted by Gasteiger charge is 2.31. The zero-order chi connectivity index (χ0) is 14.4. The Morgan fingerprint density at radius 2 is 2.00 bits per heavy atom. The maximum Gasteiger partial charge on any atom is 0.432 e. The number of carbonyl (C=O) groups is 1. The second-order valence-corrected chi connectivity index (χ2v) is 4.14. The van der Waals surface area contributed by atoms with Gasteiger partial charge in [0, 0.05) is 19.5 Å². The Balaban J connectivity index is 2.77. The molecule has 0 aliphatic rings. The largest absolute Gasteiger partial charge is 0.463 e. The molecule has 0 amide bonds. The van der Waals surface area contributed by atoms with Gasteiger partial charge in [0.1, 0.15) is 0 Å². The Labute approximate surface area is 105 Å². The van der Waals surface area contributed by atoms with Gasteiger partial charge in [-0.05, 0) is 18.2 Å². The van der Waals surface area contributed by atoms with Crippen molar-refractivity contribution < 1.29 is 23.1 Å². The molecule has 5 nitrogen and oxygen atoms in total. The Morgan fingerprint density at radius 3 is 2.47 bits per heavy atom. The van der Waals surface area contributed by atoms with E-state index in [1.54, 1.807) is 14.1 Å². The van der Waals surface area contributed by atoms with Crippen LogP contribution in [0.2, 0.25) is 0 Å². The minimum atomic E-state index is -4.48. The van der Waals surface area contributed by atoms with Crippen molar-refractivity contribution in [3.05, 3.63) is 23.8 Å². The van der Waals surface area contributed by atoms with E-state index in [0.29, 0.717) is 4.68 Å². The second kappa shape index (κ2) is 4.15. The van der Waals surface area contributed by atoms with Gasteiger partial charge in [0.2, 0.25) is 0 Å². The molecule has 0 atom stereocenters. The molecule has 19 heavy (non-hydrogen) atoms. The van der Waals surface area contributed by atoms with Crippen molar-refractivity contribution in [3.63, 3.8) is 0 Å². The number of hydrogen-bond acceptors (Lipinski definition) is 3. The van der Waals surface area contributed by atoms with E-state index in [4.69, 9.17) is 5.11 Å². The highest BCUT2D eigenvalue weighted by atomic mass is 19.4. The van der Waals surface area contributed by atoms with E-state index in [1.807, 2.05) is 0 Å². The predicted octanol–water partition coefficient (Wildman–Crippen LogP) is 2.65. The van der Waals surface area contributed by atoms with Gasteiger partial charge in [0.15, 0.2) is 5.82 Å². The molecule has 2 aromatic rings. The van der Waals surface area contributed by atoms with Gasteiger partial charge in [-0.15, -0.1) is 5.10 Å². The first-order valence-electron chi connectivity index (χ1n) is 5.22. The number of halogens is 3. The van der Waals surface area contributed by atoms with Crippen LogP contribution >= 0.6 is 0 Å². The third-order valence-electron chi connectivity index (χ3n) is 2.59. The summed E-state index contributed by atoms with van der Waals surface area (Å²) in [5.41, 5.74) is -0.725. The number of anilines is 1. The van der Waals surface area contributed by atoms with Gasteiger partial charge in [-0.2, -0.15) is 17.9 Å². The minimum absolute atomic E-state index is 0.115. The summed E-state index contributed by atoms with van der Waals surface area (Å²) in [6.45, 7) is 0. The highest BCUT2D eigenvalue weighted by molar-refractivity contribution is 5.95. The second-order valence-electron chi connectivity index (χ2n) is 4.14. The zero-order valence-corrected chi connectivity index (χ0v) is 10.1. The van der Waals surface area contributed by atoms with Crippen molar-refractivity contribution in [2.24, 2.45) is 0 Å². The quantitative estimate of drug-likeness (QED) is 0.867.